The van der Waals surface area contributed by atoms with Crippen LogP contribution in [0.5, 0.6) is 0 Å². The molecule has 0 aromatic heterocycles. The Balaban J connectivity index is 1.77. The van der Waals surface area contributed by atoms with E-state index >= 15 is 0 Å². The first kappa shape index (κ1) is 49.1. The Bertz CT molecular complexity index is 1530. The third kappa shape index (κ3) is 12.1. The number of Topliss-reactive ketones (excluding diaryl/α,β-unsaturated/α-hetero) is 1. The number of ether oxygens (including phenoxy) is 7. The fourth-order valence-corrected chi connectivity index (χ4v) is 9.06. The number of hydrogen-bond acceptors (Lipinski definition) is 15. The number of esters is 2. The van der Waals surface area contributed by atoms with Crippen molar-refractivity contribution in [3.8, 4) is 0 Å². The van der Waals surface area contributed by atoms with Crippen molar-refractivity contribution < 1.29 is 62.9 Å². The van der Waals surface area contributed by atoms with Crippen LogP contribution in [0.1, 0.15) is 107 Å². The number of benzene rings is 1. The van der Waals surface area contributed by atoms with Gasteiger partial charge in [0.1, 0.15) is 30.0 Å². The van der Waals surface area contributed by atoms with Crippen molar-refractivity contribution in [2.24, 2.45) is 29.4 Å². The highest BCUT2D eigenvalue weighted by molar-refractivity contribution is 5.91. The second-order valence-electron chi connectivity index (χ2n) is 18.1. The Labute approximate surface area is 350 Å². The van der Waals surface area contributed by atoms with Crippen LogP contribution in [0.15, 0.2) is 30.3 Å². The van der Waals surface area contributed by atoms with Crippen LogP contribution in [0.4, 0.5) is 0 Å². The lowest BCUT2D eigenvalue weighted by Crippen LogP contribution is -2.59. The predicted molar refractivity (Wildman–Crippen MR) is 217 cm³/mol. The second kappa shape index (κ2) is 20.5. The molecule has 0 bridgehead atoms. The van der Waals surface area contributed by atoms with Crippen molar-refractivity contribution in [2.45, 2.75) is 186 Å². The number of rotatable bonds is 10. The molecule has 6 N–H and O–H groups in total. The highest BCUT2D eigenvalue weighted by Crippen LogP contribution is 2.40. The van der Waals surface area contributed by atoms with Crippen LogP contribution in [0.2, 0.25) is 0 Å². The topological polar surface area (TPSA) is 215 Å². The van der Waals surface area contributed by atoms with E-state index in [-0.39, 0.29) is 56.8 Å². The first-order valence-electron chi connectivity index (χ1n) is 21.3. The number of carbonyl (C=O) groups excluding carboxylic acids is 3. The molecule has 336 valence electrons. The number of cyclic esters (lactones) is 1. The van der Waals surface area contributed by atoms with E-state index in [1.807, 2.05) is 44.2 Å². The van der Waals surface area contributed by atoms with Crippen molar-refractivity contribution >= 4 is 17.7 Å². The van der Waals surface area contributed by atoms with Crippen LogP contribution < -0.4 is 11.1 Å². The number of ketones is 1. The fraction of sp³-hybridized carbons (Fsp3) is 0.795. The molecule has 0 radical (unpaired) electrons. The van der Waals surface area contributed by atoms with E-state index in [2.05, 4.69) is 5.32 Å². The zero-order chi connectivity index (χ0) is 44.0. The number of carbonyl (C=O) groups is 3. The van der Waals surface area contributed by atoms with Gasteiger partial charge in [-0.2, -0.15) is 0 Å². The number of methoxy groups -OCH3 is 1. The number of aliphatic hydroxyl groups excluding tert-OH is 1. The lowest BCUT2D eigenvalue weighted by Gasteiger charge is -2.47. The van der Waals surface area contributed by atoms with Crippen molar-refractivity contribution in [2.75, 3.05) is 13.7 Å². The lowest BCUT2D eigenvalue weighted by atomic mass is 9.78. The molecule has 1 aromatic rings. The van der Waals surface area contributed by atoms with Crippen molar-refractivity contribution in [3.63, 3.8) is 0 Å². The molecule has 3 fully saturated rings. The summed E-state index contributed by atoms with van der Waals surface area (Å²) in [7, 11) is 1.44. The van der Waals surface area contributed by atoms with Gasteiger partial charge in [0.05, 0.1) is 42.4 Å². The Morgan fingerprint density at radius 2 is 1.64 bits per heavy atom. The van der Waals surface area contributed by atoms with Crippen LogP contribution in [-0.4, -0.2) is 125 Å². The minimum atomic E-state index is -1.82. The van der Waals surface area contributed by atoms with Crippen LogP contribution in [-0.2, 0) is 54.1 Å². The summed E-state index contributed by atoms with van der Waals surface area (Å²) in [6.07, 6.45) is -7.34. The van der Waals surface area contributed by atoms with Gasteiger partial charge in [0.25, 0.3) is 0 Å². The summed E-state index contributed by atoms with van der Waals surface area (Å²) >= 11 is 0. The van der Waals surface area contributed by atoms with E-state index in [1.165, 1.54) is 14.0 Å². The van der Waals surface area contributed by atoms with Crippen molar-refractivity contribution in [3.05, 3.63) is 35.9 Å². The summed E-state index contributed by atoms with van der Waals surface area (Å²) in [4.78, 5) is 40.8. The van der Waals surface area contributed by atoms with E-state index in [4.69, 9.17) is 38.9 Å². The first-order valence-corrected chi connectivity index (χ1v) is 21.3. The van der Waals surface area contributed by atoms with Crippen LogP contribution in [0.25, 0.3) is 0 Å². The fourth-order valence-electron chi connectivity index (χ4n) is 9.06. The van der Waals surface area contributed by atoms with Crippen LogP contribution in [0, 0.1) is 23.7 Å². The van der Waals surface area contributed by atoms with Gasteiger partial charge in [0, 0.05) is 44.0 Å². The largest absolute Gasteiger partial charge is 0.461 e. The van der Waals surface area contributed by atoms with Gasteiger partial charge in [-0.3, -0.25) is 14.4 Å². The van der Waals surface area contributed by atoms with Crippen molar-refractivity contribution in [1.82, 2.24) is 5.32 Å². The van der Waals surface area contributed by atoms with Gasteiger partial charge in [0.15, 0.2) is 18.4 Å². The van der Waals surface area contributed by atoms with Gasteiger partial charge in [-0.1, -0.05) is 51.1 Å². The quantitative estimate of drug-likeness (QED) is 0.213. The molecule has 0 amide bonds. The molecule has 0 saturated carbocycles. The predicted octanol–water partition coefficient (Wildman–Crippen LogP) is 3.55. The van der Waals surface area contributed by atoms with Gasteiger partial charge in [-0.25, -0.2) is 0 Å². The first-order chi connectivity index (χ1) is 27.5. The molecule has 3 aliphatic rings. The van der Waals surface area contributed by atoms with Crippen molar-refractivity contribution in [1.29, 1.82) is 0 Å². The number of nitrogens with two attached hydrogens (primary N) is 1. The highest BCUT2D eigenvalue weighted by atomic mass is 16.7. The molecule has 17 atom stereocenters. The lowest BCUT2D eigenvalue weighted by molar-refractivity contribution is -0.295. The van der Waals surface area contributed by atoms with E-state index in [9.17, 15) is 29.7 Å². The Morgan fingerprint density at radius 1 is 0.983 bits per heavy atom. The average molecular weight is 837 g/mol. The van der Waals surface area contributed by atoms with E-state index in [0.717, 1.165) is 5.56 Å². The highest BCUT2D eigenvalue weighted by Gasteiger charge is 2.52. The second-order valence-corrected chi connectivity index (χ2v) is 18.1. The number of nitrogens with one attached hydrogen (secondary N) is 1. The molecule has 4 rings (SSSR count). The molecule has 2 unspecified atom stereocenters. The zero-order valence-corrected chi connectivity index (χ0v) is 36.9. The van der Waals surface area contributed by atoms with Crippen LogP contribution in [0.3, 0.4) is 0 Å². The smallest absolute Gasteiger partial charge is 0.311 e. The summed E-state index contributed by atoms with van der Waals surface area (Å²) in [6, 6.07) is 8.45. The molecular weight excluding hydrogens is 764 g/mol. The molecule has 3 heterocycles. The Morgan fingerprint density at radius 3 is 2.27 bits per heavy atom. The Kier molecular flexibility index (Phi) is 17.1. The molecule has 15 nitrogen and oxygen atoms in total. The Hall–Kier alpha value is -2.57. The molecule has 1 aromatic carbocycles. The summed E-state index contributed by atoms with van der Waals surface area (Å²) in [6.45, 7) is 17.4. The minimum Gasteiger partial charge on any atom is -0.461 e. The summed E-state index contributed by atoms with van der Waals surface area (Å²) < 4.78 is 43.4. The SMILES string of the molecule is CC[C@H]1OC(=O)C(C)[C@H](OC2C[C@@](C)(OC)C(=O)[C@H](C)O2)[C@H](C)[C@@H](O[C@@H]2O[C@H](C)C[C@H](N)[C@H]2CC(=O)OCc2ccccc2)[C@@](C)(O)C[C@@H](C)NC[C@H](C)[C@@H](O)[C@]1(C)O. The average Bonchev–Trinajstić information content (AvgIpc) is 3.18. The molecule has 3 saturated heterocycles. The monoisotopic (exact) mass is 837 g/mol. The normalized spacial score (nSPS) is 43.2. The zero-order valence-electron chi connectivity index (χ0n) is 36.9. The van der Waals surface area contributed by atoms with Gasteiger partial charge < -0.3 is 59.5 Å². The van der Waals surface area contributed by atoms with Gasteiger partial charge >= 0.3 is 11.9 Å². The van der Waals surface area contributed by atoms with Crippen LogP contribution >= 0.6 is 0 Å². The molecule has 59 heavy (non-hydrogen) atoms. The van der Waals surface area contributed by atoms with Gasteiger partial charge in [0.2, 0.25) is 0 Å². The minimum absolute atomic E-state index is 0.00216. The molecule has 0 aliphatic carbocycles. The van der Waals surface area contributed by atoms with Gasteiger partial charge in [-0.15, -0.1) is 0 Å². The van der Waals surface area contributed by atoms with E-state index < -0.39 is 102 Å². The molecule has 3 aliphatic heterocycles. The standard InChI is InChI=1S/C44H72N2O13/c1-12-33-44(10,52)37(48)24(2)22-46-25(3)20-42(8,51)39(27(5)36(28(6)40(50)57-33)58-35-21-43(9,53-11)38(49)29(7)56-35)59-41-31(32(45)18-26(4)55-41)19-34(47)54-23-30-16-14-13-15-17-30/h13-17,24-29,31-33,35-37,39,41,46,48,51-52H,12,18-23,45H2,1-11H3/t24-,25+,26+,27-,28?,29-,31+,32-,33+,35?,36+,37+,39+,41-,42-,43+,44+/m0/s1. The maximum Gasteiger partial charge on any atom is 0.311 e. The third-order valence-electron chi connectivity index (χ3n) is 12.8. The summed E-state index contributed by atoms with van der Waals surface area (Å²) in [5, 5.41) is 39.1. The summed E-state index contributed by atoms with van der Waals surface area (Å²) in [5.74, 6) is -4.54. The number of hydrogen-bond donors (Lipinski definition) is 5. The molecular formula is C44H72N2O13. The molecule has 0 spiro atoms. The molecule has 15 heteroatoms. The maximum absolute atomic E-state index is 14.3. The summed E-state index contributed by atoms with van der Waals surface area (Å²) in [5.41, 5.74) is 2.85. The van der Waals surface area contributed by atoms with E-state index in [0.29, 0.717) is 6.42 Å². The van der Waals surface area contributed by atoms with Gasteiger partial charge in [-0.05, 0) is 79.2 Å². The van der Waals surface area contributed by atoms with E-state index in [1.54, 1.807) is 48.5 Å². The maximum atomic E-state index is 14.3. The number of aliphatic hydroxyl groups is 3. The third-order valence-corrected chi connectivity index (χ3v) is 12.8.